The average Bonchev–Trinajstić information content (AvgIpc) is 3.17. The first kappa shape index (κ1) is 35.7. The van der Waals surface area contributed by atoms with E-state index in [9.17, 15) is 14.4 Å². The van der Waals surface area contributed by atoms with Crippen LogP contribution < -0.4 is 24.6 Å². The molecule has 0 saturated carbocycles. The molecule has 0 bridgehead atoms. The first-order chi connectivity index (χ1) is 26.2. The summed E-state index contributed by atoms with van der Waals surface area (Å²) in [5.74, 6) is -0.939. The molecule has 0 unspecified atom stereocenters. The summed E-state index contributed by atoms with van der Waals surface area (Å²) in [5, 5.41) is 3.51. The predicted octanol–water partition coefficient (Wildman–Crippen LogP) is 9.78. The topological polar surface area (TPSA) is 88.2 Å². The van der Waals surface area contributed by atoms with Crippen molar-refractivity contribution in [3.8, 4) is 11.5 Å². The van der Waals surface area contributed by atoms with Crippen molar-refractivity contribution in [2.24, 2.45) is 0 Å². The lowest BCUT2D eigenvalue weighted by atomic mass is 9.76. The Morgan fingerprint density at radius 1 is 0.778 bits per heavy atom. The Hall–Kier alpha value is -5.28. The number of carbonyl (C=O) groups excluding carboxylic acids is 3. The van der Waals surface area contributed by atoms with E-state index in [1.165, 1.54) is 13.2 Å². The predicted molar refractivity (Wildman–Crippen MR) is 212 cm³/mol. The van der Waals surface area contributed by atoms with Gasteiger partial charge in [-0.1, -0.05) is 102 Å². The van der Waals surface area contributed by atoms with Crippen LogP contribution in [0.2, 0.25) is 15.1 Å². The second-order valence-electron chi connectivity index (χ2n) is 13.5. The second kappa shape index (κ2) is 14.9. The zero-order chi connectivity index (χ0) is 37.5. The Morgan fingerprint density at radius 2 is 1.41 bits per heavy atom. The first-order valence-corrected chi connectivity index (χ1v) is 18.7. The average molecular weight is 779 g/mol. The molecule has 2 atom stereocenters. The highest BCUT2D eigenvalue weighted by molar-refractivity contribution is 6.39. The number of hydrogen-bond acceptors (Lipinski definition) is 6. The van der Waals surface area contributed by atoms with E-state index in [0.29, 0.717) is 26.9 Å². The number of ether oxygens (including phenoxy) is 2. The summed E-state index contributed by atoms with van der Waals surface area (Å²) in [4.78, 5) is 44.9. The molecule has 3 aliphatic heterocycles. The van der Waals surface area contributed by atoms with E-state index in [1.54, 1.807) is 30.3 Å². The van der Waals surface area contributed by atoms with Crippen molar-refractivity contribution in [3.05, 3.63) is 157 Å². The lowest BCUT2D eigenvalue weighted by Crippen LogP contribution is -2.54. The molecule has 4 amide bonds. The third-order valence-corrected chi connectivity index (χ3v) is 11.2. The van der Waals surface area contributed by atoms with Crippen molar-refractivity contribution in [2.45, 2.75) is 31.3 Å². The highest BCUT2D eigenvalue weighted by Crippen LogP contribution is 2.50. The van der Waals surface area contributed by atoms with E-state index in [-0.39, 0.29) is 40.5 Å². The van der Waals surface area contributed by atoms with Crippen LogP contribution in [0.1, 0.15) is 58.1 Å². The summed E-state index contributed by atoms with van der Waals surface area (Å²) in [6.07, 6.45) is 3.17. The van der Waals surface area contributed by atoms with Crippen molar-refractivity contribution in [1.29, 1.82) is 0 Å². The van der Waals surface area contributed by atoms with Gasteiger partial charge in [-0.3, -0.25) is 14.9 Å². The number of rotatable bonds is 8. The van der Waals surface area contributed by atoms with E-state index in [2.05, 4.69) is 34.5 Å². The zero-order valence-electron chi connectivity index (χ0n) is 29.2. The number of nitrogens with zero attached hydrogens (tertiary/aromatic N) is 2. The third kappa shape index (κ3) is 6.70. The molecule has 5 aromatic carbocycles. The largest absolute Gasteiger partial charge is 0.493 e. The number of benzene rings is 5. The number of hydrogen-bond donors (Lipinski definition) is 1. The van der Waals surface area contributed by atoms with Gasteiger partial charge in [0, 0.05) is 46.2 Å². The molecular formula is C43H34Cl3N3O5. The summed E-state index contributed by atoms with van der Waals surface area (Å²) < 4.78 is 11.6. The number of barbiturate groups is 1. The van der Waals surface area contributed by atoms with Gasteiger partial charge in [0.1, 0.15) is 12.2 Å². The van der Waals surface area contributed by atoms with E-state index in [1.807, 2.05) is 48.5 Å². The fourth-order valence-corrected chi connectivity index (χ4v) is 8.52. The quantitative estimate of drug-likeness (QED) is 0.125. The number of imide groups is 2. The fourth-order valence-electron chi connectivity index (χ4n) is 7.78. The van der Waals surface area contributed by atoms with Crippen molar-refractivity contribution < 1.29 is 23.9 Å². The van der Waals surface area contributed by atoms with Crippen LogP contribution in [0.25, 0.3) is 6.08 Å². The molecule has 8 nitrogen and oxygen atoms in total. The van der Waals surface area contributed by atoms with Crippen molar-refractivity contribution >= 4 is 70.1 Å². The van der Waals surface area contributed by atoms with Gasteiger partial charge in [0.15, 0.2) is 11.5 Å². The number of urea groups is 1. The Balaban J connectivity index is 1.18. The van der Waals surface area contributed by atoms with E-state index in [0.717, 1.165) is 58.8 Å². The van der Waals surface area contributed by atoms with Gasteiger partial charge in [-0.2, -0.15) is 0 Å². The fraction of sp³-hybridized carbons (Fsp3) is 0.186. The van der Waals surface area contributed by atoms with Crippen molar-refractivity contribution in [2.75, 3.05) is 30.0 Å². The number of anilines is 2. The van der Waals surface area contributed by atoms with Crippen LogP contribution in [0.3, 0.4) is 0 Å². The van der Waals surface area contributed by atoms with E-state index in [4.69, 9.17) is 44.3 Å². The van der Waals surface area contributed by atoms with Crippen molar-refractivity contribution in [3.63, 3.8) is 0 Å². The van der Waals surface area contributed by atoms with E-state index < -0.39 is 17.8 Å². The molecule has 54 heavy (non-hydrogen) atoms. The molecule has 8 rings (SSSR count). The lowest BCUT2D eigenvalue weighted by Gasteiger charge is -2.44. The van der Waals surface area contributed by atoms with Crippen LogP contribution in [0.15, 0.2) is 109 Å². The highest BCUT2D eigenvalue weighted by atomic mass is 35.5. The van der Waals surface area contributed by atoms with Gasteiger partial charge in [-0.05, 0) is 83.1 Å². The minimum Gasteiger partial charge on any atom is -0.493 e. The molecule has 1 fully saturated rings. The van der Waals surface area contributed by atoms with Gasteiger partial charge in [0.05, 0.1) is 17.8 Å². The van der Waals surface area contributed by atoms with Crippen molar-refractivity contribution in [1.82, 2.24) is 5.32 Å². The molecule has 0 aromatic heterocycles. The molecule has 3 aliphatic rings. The van der Waals surface area contributed by atoms with Crippen LogP contribution in [0, 0.1) is 0 Å². The molecule has 5 aromatic rings. The minimum absolute atomic E-state index is 0.0522. The number of nitrogens with one attached hydrogen (secondary N) is 1. The third-order valence-electron chi connectivity index (χ3n) is 10.3. The first-order valence-electron chi connectivity index (χ1n) is 17.6. The number of methoxy groups -OCH3 is 1. The number of amides is 4. The molecule has 0 radical (unpaired) electrons. The molecule has 1 saturated heterocycles. The van der Waals surface area contributed by atoms with Gasteiger partial charge in [0.2, 0.25) is 0 Å². The maximum Gasteiger partial charge on any atom is 0.335 e. The molecule has 0 aliphatic carbocycles. The standard InChI is InChI=1S/C43H34Cl3N3O5/c1-53-38-20-25(19-37(46)40(38)54-24-28-12-13-29(44)21-36(28)45)18-35-41(50)47-43(52)49(42(35)51)30-22-33-31(26-8-4-2-5-9-26)14-16-48-17-15-32(34(23-30)39(33)48)27-10-6-3-7-11-27/h2-13,18-23,31-32H,14-17,24H2,1H3,(H,47,50,52)/b35-18+/t31-,32-/m0/s1. The Morgan fingerprint density at radius 3 is 2.00 bits per heavy atom. The summed E-state index contributed by atoms with van der Waals surface area (Å²) in [7, 11) is 1.46. The maximum absolute atomic E-state index is 14.4. The molecule has 11 heteroatoms. The molecule has 0 spiro atoms. The number of carbonyl (C=O) groups is 3. The van der Waals surface area contributed by atoms with Crippen LogP contribution in [-0.4, -0.2) is 38.0 Å². The van der Waals surface area contributed by atoms with Crippen LogP contribution in [0.4, 0.5) is 16.2 Å². The maximum atomic E-state index is 14.4. The van der Waals surface area contributed by atoms with Gasteiger partial charge >= 0.3 is 6.03 Å². The Labute approximate surface area is 327 Å². The summed E-state index contributed by atoms with van der Waals surface area (Å²) in [6.45, 7) is 1.88. The minimum atomic E-state index is -0.816. The Bertz CT molecular complexity index is 2260. The van der Waals surface area contributed by atoms with Gasteiger partial charge in [-0.15, -0.1) is 0 Å². The van der Waals surface area contributed by atoms with Gasteiger partial charge in [0.25, 0.3) is 11.8 Å². The van der Waals surface area contributed by atoms with Crippen LogP contribution in [0.5, 0.6) is 11.5 Å². The molecule has 272 valence electrons. The molecule has 3 heterocycles. The van der Waals surface area contributed by atoms with Gasteiger partial charge < -0.3 is 14.4 Å². The van der Waals surface area contributed by atoms with Crippen LogP contribution in [-0.2, 0) is 16.2 Å². The van der Waals surface area contributed by atoms with E-state index >= 15 is 0 Å². The normalized spacial score (nSPS) is 18.7. The molecule has 1 N–H and O–H groups in total. The second-order valence-corrected chi connectivity index (χ2v) is 14.7. The number of halogens is 3. The van der Waals surface area contributed by atoms with Gasteiger partial charge in [-0.25, -0.2) is 9.69 Å². The molecular weight excluding hydrogens is 745 g/mol. The highest BCUT2D eigenvalue weighted by Gasteiger charge is 2.40. The summed E-state index contributed by atoms with van der Waals surface area (Å²) in [6, 6.07) is 31.9. The SMILES string of the molecule is COc1cc(/C=C2\C(=O)NC(=O)N(c3cc4c5c(c3)[C@H](c3ccccc3)CCN5CC[C@H]4c3ccccc3)C2=O)cc(Cl)c1OCc1ccc(Cl)cc1Cl. The summed E-state index contributed by atoms with van der Waals surface area (Å²) >= 11 is 19.1. The van der Waals surface area contributed by atoms with Crippen LogP contribution >= 0.6 is 34.8 Å². The Kier molecular flexibility index (Phi) is 9.83. The summed E-state index contributed by atoms with van der Waals surface area (Å²) in [5.41, 5.74) is 6.83. The monoisotopic (exact) mass is 777 g/mol. The smallest absolute Gasteiger partial charge is 0.335 e. The zero-order valence-corrected chi connectivity index (χ0v) is 31.4. The lowest BCUT2D eigenvalue weighted by molar-refractivity contribution is -0.122.